The molecule has 1 aromatic heterocycles. The molecule has 0 atom stereocenters. The molecule has 6 heteroatoms. The SMILES string of the molecule is O=C(Cc1coc(-c2ccc(F)cc2)n1)NCc1ccccc1CO. The van der Waals surface area contributed by atoms with Gasteiger partial charge in [-0.3, -0.25) is 4.79 Å². The fourth-order valence-electron chi connectivity index (χ4n) is 2.42. The molecule has 1 amide bonds. The molecule has 0 radical (unpaired) electrons. The van der Waals surface area contributed by atoms with Gasteiger partial charge in [0.1, 0.15) is 12.1 Å². The van der Waals surface area contributed by atoms with Gasteiger partial charge < -0.3 is 14.8 Å². The molecule has 0 aliphatic heterocycles. The normalized spacial score (nSPS) is 10.6. The van der Waals surface area contributed by atoms with Crippen LogP contribution in [0.2, 0.25) is 0 Å². The van der Waals surface area contributed by atoms with Crippen LogP contribution in [-0.4, -0.2) is 16.0 Å². The number of nitrogens with one attached hydrogen (secondary N) is 1. The third kappa shape index (κ3) is 4.30. The molecule has 0 fully saturated rings. The smallest absolute Gasteiger partial charge is 0.226 e. The fraction of sp³-hybridized carbons (Fsp3) is 0.158. The number of aliphatic hydroxyl groups is 1. The van der Waals surface area contributed by atoms with Crippen molar-refractivity contribution in [2.24, 2.45) is 0 Å². The minimum atomic E-state index is -0.335. The fourth-order valence-corrected chi connectivity index (χ4v) is 2.42. The van der Waals surface area contributed by atoms with Gasteiger partial charge in [-0.2, -0.15) is 0 Å². The van der Waals surface area contributed by atoms with Gasteiger partial charge in [0.25, 0.3) is 0 Å². The minimum absolute atomic E-state index is 0.0731. The Hall–Kier alpha value is -2.99. The summed E-state index contributed by atoms with van der Waals surface area (Å²) in [5, 5.41) is 12.1. The molecule has 0 saturated heterocycles. The zero-order valence-electron chi connectivity index (χ0n) is 13.4. The molecule has 0 aliphatic carbocycles. The van der Waals surface area contributed by atoms with Crippen LogP contribution in [0.15, 0.2) is 59.2 Å². The van der Waals surface area contributed by atoms with Crippen LogP contribution >= 0.6 is 0 Å². The second kappa shape index (κ2) is 7.72. The first kappa shape index (κ1) is 16.9. The first-order valence-corrected chi connectivity index (χ1v) is 7.80. The Kier molecular flexibility index (Phi) is 5.20. The van der Waals surface area contributed by atoms with Gasteiger partial charge in [0.05, 0.1) is 18.7 Å². The number of benzene rings is 2. The maximum absolute atomic E-state index is 12.9. The van der Waals surface area contributed by atoms with Crippen molar-refractivity contribution < 1.29 is 18.7 Å². The van der Waals surface area contributed by atoms with E-state index in [4.69, 9.17) is 4.42 Å². The maximum atomic E-state index is 12.9. The van der Waals surface area contributed by atoms with E-state index in [1.165, 1.54) is 18.4 Å². The number of hydrogen-bond donors (Lipinski definition) is 2. The molecule has 5 nitrogen and oxygen atoms in total. The number of nitrogens with zero attached hydrogens (tertiary/aromatic N) is 1. The third-order valence-electron chi connectivity index (χ3n) is 3.75. The lowest BCUT2D eigenvalue weighted by atomic mass is 10.1. The summed E-state index contributed by atoms with van der Waals surface area (Å²) < 4.78 is 18.3. The van der Waals surface area contributed by atoms with E-state index in [0.29, 0.717) is 23.7 Å². The van der Waals surface area contributed by atoms with Gasteiger partial charge in [0.15, 0.2) is 0 Å². The Bertz CT molecular complexity index is 859. The molecule has 0 bridgehead atoms. The predicted octanol–water partition coefficient (Wildman–Crippen LogP) is 2.83. The molecule has 3 aromatic rings. The van der Waals surface area contributed by atoms with E-state index in [2.05, 4.69) is 10.3 Å². The highest BCUT2D eigenvalue weighted by Gasteiger charge is 2.11. The van der Waals surface area contributed by atoms with Gasteiger partial charge in [-0.1, -0.05) is 24.3 Å². The van der Waals surface area contributed by atoms with Crippen molar-refractivity contribution >= 4 is 5.91 Å². The number of carbonyl (C=O) groups is 1. The van der Waals surface area contributed by atoms with Crippen LogP contribution in [0.4, 0.5) is 4.39 Å². The Morgan fingerprint density at radius 2 is 1.84 bits per heavy atom. The van der Waals surface area contributed by atoms with E-state index in [9.17, 15) is 14.3 Å². The molecule has 1 heterocycles. The van der Waals surface area contributed by atoms with E-state index in [-0.39, 0.29) is 24.8 Å². The predicted molar refractivity (Wildman–Crippen MR) is 89.8 cm³/mol. The summed E-state index contributed by atoms with van der Waals surface area (Å²) in [6, 6.07) is 13.1. The molecule has 0 spiro atoms. The van der Waals surface area contributed by atoms with Gasteiger partial charge >= 0.3 is 0 Å². The Morgan fingerprint density at radius 1 is 1.12 bits per heavy atom. The van der Waals surface area contributed by atoms with Crippen molar-refractivity contribution in [1.29, 1.82) is 0 Å². The highest BCUT2D eigenvalue weighted by molar-refractivity contribution is 5.78. The molecular formula is C19H17FN2O3. The summed E-state index contributed by atoms with van der Waals surface area (Å²) in [6.07, 6.45) is 1.49. The van der Waals surface area contributed by atoms with Gasteiger partial charge in [-0.25, -0.2) is 9.37 Å². The van der Waals surface area contributed by atoms with Crippen molar-refractivity contribution in [3.8, 4) is 11.5 Å². The standard InChI is InChI=1S/C19H17FN2O3/c20-16-7-5-13(6-8-16)19-22-17(12-25-19)9-18(24)21-10-14-3-1-2-4-15(14)11-23/h1-8,12,23H,9-11H2,(H,21,24). The highest BCUT2D eigenvalue weighted by atomic mass is 19.1. The molecule has 0 saturated carbocycles. The second-order valence-corrected chi connectivity index (χ2v) is 5.53. The van der Waals surface area contributed by atoms with Gasteiger partial charge in [-0.05, 0) is 35.4 Å². The van der Waals surface area contributed by atoms with Crippen LogP contribution in [0.1, 0.15) is 16.8 Å². The average Bonchev–Trinajstić information content (AvgIpc) is 3.09. The molecule has 2 aromatic carbocycles. The van der Waals surface area contributed by atoms with E-state index in [1.807, 2.05) is 24.3 Å². The Labute approximate surface area is 144 Å². The summed E-state index contributed by atoms with van der Waals surface area (Å²) >= 11 is 0. The van der Waals surface area contributed by atoms with Crippen LogP contribution in [-0.2, 0) is 24.4 Å². The summed E-state index contributed by atoms with van der Waals surface area (Å²) in [4.78, 5) is 16.3. The zero-order valence-corrected chi connectivity index (χ0v) is 13.4. The lowest BCUT2D eigenvalue weighted by molar-refractivity contribution is -0.120. The van der Waals surface area contributed by atoms with Crippen LogP contribution in [0.3, 0.4) is 0 Å². The minimum Gasteiger partial charge on any atom is -0.444 e. The number of aliphatic hydroxyl groups excluding tert-OH is 1. The molecule has 25 heavy (non-hydrogen) atoms. The van der Waals surface area contributed by atoms with Crippen LogP contribution < -0.4 is 5.32 Å². The first-order chi connectivity index (χ1) is 12.2. The zero-order chi connectivity index (χ0) is 17.6. The molecule has 0 aliphatic rings. The van der Waals surface area contributed by atoms with Gasteiger partial charge in [0, 0.05) is 12.1 Å². The number of amides is 1. The third-order valence-corrected chi connectivity index (χ3v) is 3.75. The van der Waals surface area contributed by atoms with Crippen LogP contribution in [0.5, 0.6) is 0 Å². The number of aromatic nitrogens is 1. The van der Waals surface area contributed by atoms with Crippen molar-refractivity contribution in [3.63, 3.8) is 0 Å². The lowest BCUT2D eigenvalue weighted by Gasteiger charge is -2.08. The number of rotatable bonds is 6. The monoisotopic (exact) mass is 340 g/mol. The van der Waals surface area contributed by atoms with Crippen LogP contribution in [0.25, 0.3) is 11.5 Å². The number of oxazole rings is 1. The molecule has 3 rings (SSSR count). The van der Waals surface area contributed by atoms with Crippen molar-refractivity contribution in [2.45, 2.75) is 19.6 Å². The average molecular weight is 340 g/mol. The molecule has 128 valence electrons. The topological polar surface area (TPSA) is 75.4 Å². The van der Waals surface area contributed by atoms with E-state index < -0.39 is 0 Å². The highest BCUT2D eigenvalue weighted by Crippen LogP contribution is 2.19. The van der Waals surface area contributed by atoms with E-state index in [1.54, 1.807) is 12.1 Å². The van der Waals surface area contributed by atoms with Crippen LogP contribution in [0, 0.1) is 5.82 Å². The maximum Gasteiger partial charge on any atom is 0.226 e. The molecule has 0 unspecified atom stereocenters. The Morgan fingerprint density at radius 3 is 2.56 bits per heavy atom. The first-order valence-electron chi connectivity index (χ1n) is 7.80. The summed E-state index contributed by atoms with van der Waals surface area (Å²) in [5.41, 5.74) is 2.78. The lowest BCUT2D eigenvalue weighted by Crippen LogP contribution is -2.25. The van der Waals surface area contributed by atoms with Gasteiger partial charge in [0.2, 0.25) is 11.8 Å². The van der Waals surface area contributed by atoms with E-state index in [0.717, 1.165) is 11.1 Å². The molecular weight excluding hydrogens is 323 g/mol. The number of carbonyl (C=O) groups excluding carboxylic acids is 1. The van der Waals surface area contributed by atoms with E-state index >= 15 is 0 Å². The van der Waals surface area contributed by atoms with Crippen molar-refractivity contribution in [2.75, 3.05) is 0 Å². The summed E-state index contributed by atoms with van der Waals surface area (Å²) in [7, 11) is 0. The quantitative estimate of drug-likeness (QED) is 0.723. The second-order valence-electron chi connectivity index (χ2n) is 5.53. The largest absolute Gasteiger partial charge is 0.444 e. The summed E-state index contributed by atoms with van der Waals surface area (Å²) in [5.74, 6) is -0.196. The van der Waals surface area contributed by atoms with Crippen molar-refractivity contribution in [3.05, 3.63) is 77.4 Å². The van der Waals surface area contributed by atoms with Crippen molar-refractivity contribution in [1.82, 2.24) is 10.3 Å². The number of hydrogen-bond acceptors (Lipinski definition) is 4. The van der Waals surface area contributed by atoms with Gasteiger partial charge in [-0.15, -0.1) is 0 Å². The number of halogens is 1. The molecule has 2 N–H and O–H groups in total. The Balaban J connectivity index is 1.59. The summed E-state index contributed by atoms with van der Waals surface area (Å²) in [6.45, 7) is 0.259.